The van der Waals surface area contributed by atoms with Crippen molar-refractivity contribution >= 4 is 45.3 Å². The van der Waals surface area contributed by atoms with Gasteiger partial charge in [0, 0.05) is 21.7 Å². The number of thioether (sulfide) groups is 1. The number of ether oxygens (including phenoxy) is 1. The number of amides is 2. The maximum absolute atomic E-state index is 12.2. The molecule has 0 saturated carbocycles. The van der Waals surface area contributed by atoms with E-state index in [1.165, 1.54) is 18.1 Å². The Labute approximate surface area is 153 Å². The predicted octanol–water partition coefficient (Wildman–Crippen LogP) is 2.61. The number of nitrogens with one attached hydrogen (secondary N) is 2. The molecule has 7 nitrogen and oxygen atoms in total. The van der Waals surface area contributed by atoms with E-state index < -0.39 is 12.0 Å². The second kappa shape index (κ2) is 7.40. The lowest BCUT2D eigenvalue weighted by Gasteiger charge is -2.26. The van der Waals surface area contributed by atoms with E-state index in [0.29, 0.717) is 17.0 Å². The highest BCUT2D eigenvalue weighted by molar-refractivity contribution is 7.99. The average molecular weight is 378 g/mol. The number of nitrogens with zero attached hydrogens (tertiary/aromatic N) is 2. The lowest BCUT2D eigenvalue weighted by atomic mass is 10.1. The Bertz CT molecular complexity index is 862. The van der Waals surface area contributed by atoms with Crippen LogP contribution in [-0.2, 0) is 9.53 Å². The number of rotatable bonds is 5. The molecule has 1 unspecified atom stereocenters. The molecule has 3 rings (SSSR count). The molecular weight excluding hydrogens is 360 g/mol. The second-order valence-corrected chi connectivity index (χ2v) is 7.68. The maximum atomic E-state index is 12.2. The predicted molar refractivity (Wildman–Crippen MR) is 97.7 cm³/mol. The van der Waals surface area contributed by atoms with Gasteiger partial charge in [-0.05, 0) is 26.8 Å². The molecule has 2 aromatic rings. The van der Waals surface area contributed by atoms with E-state index in [9.17, 15) is 9.59 Å². The number of fused-ring (bicyclic) bond motifs is 1. The molecule has 0 saturated heterocycles. The molecule has 2 aromatic heterocycles. The monoisotopic (exact) mass is 378 g/mol. The van der Waals surface area contributed by atoms with Crippen molar-refractivity contribution in [1.29, 1.82) is 0 Å². The normalized spacial score (nSPS) is 17.4. The highest BCUT2D eigenvalue weighted by atomic mass is 32.2. The standard InChI is InChI=1S/C16H18N4O3S2/c1-4-23-15(21)12-9(3)19-16(22)20-11(12)6-24-13-10-5-8(2)25-14(10)18-7-17-13/h5,7,9H,4,6H2,1-3H3,(H2,19,20,22). The van der Waals surface area contributed by atoms with Gasteiger partial charge in [-0.1, -0.05) is 11.8 Å². The molecule has 2 N–H and O–H groups in total. The molecular formula is C16H18N4O3S2. The zero-order valence-electron chi connectivity index (χ0n) is 14.1. The van der Waals surface area contributed by atoms with Gasteiger partial charge < -0.3 is 15.4 Å². The quantitative estimate of drug-likeness (QED) is 0.472. The van der Waals surface area contributed by atoms with Crippen molar-refractivity contribution in [3.63, 3.8) is 0 Å². The van der Waals surface area contributed by atoms with Crippen molar-refractivity contribution < 1.29 is 14.3 Å². The molecule has 1 atom stereocenters. The van der Waals surface area contributed by atoms with Crippen LogP contribution in [-0.4, -0.2) is 40.4 Å². The number of carbonyl (C=O) groups is 2. The summed E-state index contributed by atoms with van der Waals surface area (Å²) in [4.78, 5) is 34.7. The molecule has 9 heteroatoms. The van der Waals surface area contributed by atoms with Gasteiger partial charge in [-0.2, -0.15) is 0 Å². The van der Waals surface area contributed by atoms with Crippen LogP contribution in [0.2, 0.25) is 0 Å². The van der Waals surface area contributed by atoms with E-state index >= 15 is 0 Å². The van der Waals surface area contributed by atoms with Crippen LogP contribution >= 0.6 is 23.1 Å². The minimum absolute atomic E-state index is 0.282. The van der Waals surface area contributed by atoms with E-state index in [-0.39, 0.29) is 12.6 Å². The summed E-state index contributed by atoms with van der Waals surface area (Å²) in [5.41, 5.74) is 0.999. The second-order valence-electron chi connectivity index (χ2n) is 5.48. The van der Waals surface area contributed by atoms with Crippen LogP contribution in [0, 0.1) is 6.92 Å². The van der Waals surface area contributed by atoms with E-state index in [0.717, 1.165) is 20.1 Å². The van der Waals surface area contributed by atoms with Crippen LogP contribution in [0.15, 0.2) is 28.7 Å². The lowest BCUT2D eigenvalue weighted by Crippen LogP contribution is -2.49. The highest BCUT2D eigenvalue weighted by Crippen LogP contribution is 2.31. The number of aryl methyl sites for hydroxylation is 1. The van der Waals surface area contributed by atoms with Gasteiger partial charge in [0.1, 0.15) is 16.2 Å². The zero-order chi connectivity index (χ0) is 18.0. The SMILES string of the molecule is CCOC(=O)C1=C(CSc2ncnc3sc(C)cc23)NC(=O)NC1C. The molecule has 1 aliphatic heterocycles. The Morgan fingerprint density at radius 3 is 3.00 bits per heavy atom. The third-order valence-electron chi connectivity index (χ3n) is 3.63. The van der Waals surface area contributed by atoms with Gasteiger partial charge in [0.25, 0.3) is 0 Å². The summed E-state index contributed by atoms with van der Waals surface area (Å²) in [6.07, 6.45) is 1.53. The van der Waals surface area contributed by atoms with Crippen LogP contribution < -0.4 is 10.6 Å². The summed E-state index contributed by atoms with van der Waals surface area (Å²) in [7, 11) is 0. The van der Waals surface area contributed by atoms with Crippen molar-refractivity contribution in [3.05, 3.63) is 28.5 Å². The van der Waals surface area contributed by atoms with Crippen molar-refractivity contribution in [2.75, 3.05) is 12.4 Å². The molecule has 25 heavy (non-hydrogen) atoms. The summed E-state index contributed by atoms with van der Waals surface area (Å²) < 4.78 is 5.12. The number of urea groups is 1. The van der Waals surface area contributed by atoms with Gasteiger partial charge >= 0.3 is 12.0 Å². The van der Waals surface area contributed by atoms with Crippen LogP contribution in [0.25, 0.3) is 10.2 Å². The van der Waals surface area contributed by atoms with Crippen LogP contribution in [0.4, 0.5) is 4.79 Å². The Morgan fingerprint density at radius 1 is 1.44 bits per heavy atom. The Hall–Kier alpha value is -2.13. The number of carbonyl (C=O) groups excluding carboxylic acids is 2. The lowest BCUT2D eigenvalue weighted by molar-refractivity contribution is -0.138. The Kier molecular flexibility index (Phi) is 5.24. The number of hydrogen-bond acceptors (Lipinski definition) is 7. The van der Waals surface area contributed by atoms with Crippen LogP contribution in [0.3, 0.4) is 0 Å². The number of thiophene rings is 1. The average Bonchev–Trinajstić information content (AvgIpc) is 2.93. The van der Waals surface area contributed by atoms with Crippen LogP contribution in [0.5, 0.6) is 0 Å². The van der Waals surface area contributed by atoms with Crippen molar-refractivity contribution in [2.24, 2.45) is 0 Å². The summed E-state index contributed by atoms with van der Waals surface area (Å²) in [5.74, 6) is -0.00952. The van der Waals surface area contributed by atoms with Gasteiger partial charge in [-0.3, -0.25) is 0 Å². The summed E-state index contributed by atoms with van der Waals surface area (Å²) >= 11 is 3.07. The molecule has 0 fully saturated rings. The number of aromatic nitrogens is 2. The summed E-state index contributed by atoms with van der Waals surface area (Å²) in [5, 5.41) is 7.23. The first kappa shape index (κ1) is 17.7. The molecule has 1 aliphatic rings. The van der Waals surface area contributed by atoms with Gasteiger partial charge in [0.05, 0.1) is 18.2 Å². The van der Waals surface area contributed by atoms with Crippen molar-refractivity contribution in [2.45, 2.75) is 31.8 Å². The Morgan fingerprint density at radius 2 is 2.24 bits per heavy atom. The fourth-order valence-corrected chi connectivity index (χ4v) is 4.46. The van der Waals surface area contributed by atoms with E-state index in [1.54, 1.807) is 25.2 Å². The first-order valence-corrected chi connectivity index (χ1v) is 9.61. The minimum atomic E-state index is -0.419. The molecule has 0 bridgehead atoms. The largest absolute Gasteiger partial charge is 0.463 e. The molecule has 0 aromatic carbocycles. The third-order valence-corrected chi connectivity index (χ3v) is 5.63. The Balaban J connectivity index is 1.88. The van der Waals surface area contributed by atoms with E-state index in [4.69, 9.17) is 4.74 Å². The maximum Gasteiger partial charge on any atom is 0.337 e. The minimum Gasteiger partial charge on any atom is -0.463 e. The van der Waals surface area contributed by atoms with E-state index in [2.05, 4.69) is 20.6 Å². The highest BCUT2D eigenvalue weighted by Gasteiger charge is 2.29. The van der Waals surface area contributed by atoms with Gasteiger partial charge in [0.2, 0.25) is 0 Å². The van der Waals surface area contributed by atoms with E-state index in [1.807, 2.05) is 13.0 Å². The molecule has 0 spiro atoms. The van der Waals surface area contributed by atoms with Gasteiger partial charge in [-0.25, -0.2) is 19.6 Å². The molecule has 3 heterocycles. The summed E-state index contributed by atoms with van der Waals surface area (Å²) in [6.45, 7) is 5.82. The fourth-order valence-electron chi connectivity index (χ4n) is 2.60. The first-order valence-electron chi connectivity index (χ1n) is 7.81. The van der Waals surface area contributed by atoms with Gasteiger partial charge in [-0.15, -0.1) is 11.3 Å². The summed E-state index contributed by atoms with van der Waals surface area (Å²) in [6, 6.07) is 1.32. The number of hydrogen-bond donors (Lipinski definition) is 2. The van der Waals surface area contributed by atoms with Crippen LogP contribution in [0.1, 0.15) is 18.7 Å². The molecule has 132 valence electrons. The zero-order valence-corrected chi connectivity index (χ0v) is 15.7. The van der Waals surface area contributed by atoms with Gasteiger partial charge in [0.15, 0.2) is 0 Å². The molecule has 0 aliphatic carbocycles. The molecule has 2 amide bonds. The fraction of sp³-hybridized carbons (Fsp3) is 0.375. The first-order chi connectivity index (χ1) is 12.0. The van der Waals surface area contributed by atoms with Crippen molar-refractivity contribution in [3.8, 4) is 0 Å². The smallest absolute Gasteiger partial charge is 0.337 e. The topological polar surface area (TPSA) is 93.2 Å². The third kappa shape index (κ3) is 3.77. The molecule has 0 radical (unpaired) electrons. The number of esters is 1. The van der Waals surface area contributed by atoms with Crippen molar-refractivity contribution in [1.82, 2.24) is 20.6 Å².